The standard InChI is InChI=1S/C21H22BrN3O2S/c1-12-23-18-11-19(22)28-20(18)21(26)25(12)13-5-7-16(8-6-13)27-17-9-14-3-4-15(10-17)24(14)2/h5-8,11,14-15,17H,3-4,9-10H2,1-2H3/t14-,15+,17?. The van der Waals surface area contributed by atoms with Crippen LogP contribution in [0.1, 0.15) is 31.5 Å². The lowest BCUT2D eigenvalue weighted by Crippen LogP contribution is -2.43. The number of thiophene rings is 1. The van der Waals surface area contributed by atoms with E-state index in [-0.39, 0.29) is 11.7 Å². The number of rotatable bonds is 3. The average molecular weight is 460 g/mol. The van der Waals surface area contributed by atoms with E-state index < -0.39 is 0 Å². The fourth-order valence-electron chi connectivity index (χ4n) is 4.69. The third-order valence-electron chi connectivity index (χ3n) is 6.14. The number of piperidine rings is 1. The lowest BCUT2D eigenvalue weighted by atomic mass is 10.0. The number of ether oxygens (including phenoxy) is 1. The molecule has 28 heavy (non-hydrogen) atoms. The van der Waals surface area contributed by atoms with Crippen molar-refractivity contribution in [3.63, 3.8) is 0 Å². The summed E-state index contributed by atoms with van der Waals surface area (Å²) >= 11 is 4.87. The van der Waals surface area contributed by atoms with Crippen molar-refractivity contribution in [2.24, 2.45) is 0 Å². The average Bonchev–Trinajstić information content (AvgIpc) is 3.11. The summed E-state index contributed by atoms with van der Waals surface area (Å²) in [7, 11) is 2.24. The Kier molecular flexibility index (Phi) is 4.56. The second kappa shape index (κ2) is 6.97. The molecule has 0 N–H and O–H groups in total. The van der Waals surface area contributed by atoms with E-state index in [2.05, 4.69) is 32.9 Å². The van der Waals surface area contributed by atoms with Gasteiger partial charge in [-0.25, -0.2) is 4.98 Å². The van der Waals surface area contributed by atoms with E-state index in [1.807, 2.05) is 37.3 Å². The largest absolute Gasteiger partial charge is 0.490 e. The molecule has 5 rings (SSSR count). The highest BCUT2D eigenvalue weighted by molar-refractivity contribution is 9.11. The van der Waals surface area contributed by atoms with E-state index in [0.717, 1.165) is 33.6 Å². The van der Waals surface area contributed by atoms with Gasteiger partial charge in [0.1, 0.15) is 22.4 Å². The lowest BCUT2D eigenvalue weighted by Gasteiger charge is -2.36. The Labute approximate surface area is 176 Å². The second-order valence-electron chi connectivity index (χ2n) is 7.82. The predicted octanol–water partition coefficient (Wildman–Crippen LogP) is 4.52. The molecular weight excluding hydrogens is 438 g/mol. The van der Waals surface area contributed by atoms with E-state index in [1.54, 1.807) is 4.57 Å². The molecule has 0 radical (unpaired) electrons. The third-order valence-corrected chi connectivity index (χ3v) is 7.75. The Hall–Kier alpha value is -1.70. The van der Waals surface area contributed by atoms with Crippen molar-refractivity contribution in [1.29, 1.82) is 0 Å². The molecule has 1 aromatic carbocycles. The molecule has 3 atom stereocenters. The Bertz CT molecular complexity index is 1080. The van der Waals surface area contributed by atoms with Crippen LogP contribution < -0.4 is 10.3 Å². The monoisotopic (exact) mass is 459 g/mol. The number of benzene rings is 1. The fourth-order valence-corrected chi connectivity index (χ4v) is 6.15. The van der Waals surface area contributed by atoms with Crippen LogP contribution in [-0.4, -0.2) is 39.7 Å². The molecule has 2 aromatic heterocycles. The van der Waals surface area contributed by atoms with E-state index in [1.165, 1.54) is 24.2 Å². The molecule has 5 nitrogen and oxygen atoms in total. The highest BCUT2D eigenvalue weighted by Gasteiger charge is 2.39. The van der Waals surface area contributed by atoms with Gasteiger partial charge in [0, 0.05) is 12.1 Å². The number of aryl methyl sites for hydroxylation is 1. The summed E-state index contributed by atoms with van der Waals surface area (Å²) in [5, 5.41) is 0. The van der Waals surface area contributed by atoms with Crippen LogP contribution in [0, 0.1) is 6.92 Å². The van der Waals surface area contributed by atoms with E-state index >= 15 is 0 Å². The van der Waals surface area contributed by atoms with Crippen molar-refractivity contribution >= 4 is 37.5 Å². The van der Waals surface area contributed by atoms with Crippen molar-refractivity contribution in [2.75, 3.05) is 7.05 Å². The van der Waals surface area contributed by atoms with Crippen LogP contribution in [0.5, 0.6) is 5.75 Å². The van der Waals surface area contributed by atoms with Crippen molar-refractivity contribution < 1.29 is 4.74 Å². The first kappa shape index (κ1) is 18.3. The van der Waals surface area contributed by atoms with Gasteiger partial charge in [0.2, 0.25) is 0 Å². The number of halogens is 1. The van der Waals surface area contributed by atoms with Gasteiger partial charge in [-0.2, -0.15) is 0 Å². The van der Waals surface area contributed by atoms with Crippen molar-refractivity contribution in [2.45, 2.75) is 50.8 Å². The van der Waals surface area contributed by atoms with E-state index in [4.69, 9.17) is 4.74 Å². The summed E-state index contributed by atoms with van der Waals surface area (Å²) in [6.45, 7) is 1.87. The van der Waals surface area contributed by atoms with Crippen LogP contribution in [0.25, 0.3) is 15.9 Å². The van der Waals surface area contributed by atoms with Crippen LogP contribution in [0.3, 0.4) is 0 Å². The van der Waals surface area contributed by atoms with Crippen LogP contribution in [0.15, 0.2) is 38.9 Å². The Morgan fingerprint density at radius 1 is 1.18 bits per heavy atom. The highest BCUT2D eigenvalue weighted by atomic mass is 79.9. The van der Waals surface area contributed by atoms with Gasteiger partial charge in [-0.3, -0.25) is 9.36 Å². The second-order valence-corrected chi connectivity index (χ2v) is 10.3. The molecular formula is C21H22BrN3O2S. The number of hydrogen-bond acceptors (Lipinski definition) is 5. The predicted molar refractivity (Wildman–Crippen MR) is 116 cm³/mol. The number of fused-ring (bicyclic) bond motifs is 3. The fraction of sp³-hybridized carbons (Fsp3) is 0.429. The SMILES string of the molecule is Cc1nc2cc(Br)sc2c(=O)n1-c1ccc(OC2C[C@H]3CC[C@@H](C2)N3C)cc1. The molecule has 4 heterocycles. The molecule has 0 amide bonds. The summed E-state index contributed by atoms with van der Waals surface area (Å²) in [6, 6.07) is 11.0. The number of aromatic nitrogens is 2. The Morgan fingerprint density at radius 3 is 2.54 bits per heavy atom. The molecule has 0 aliphatic carbocycles. The van der Waals surface area contributed by atoms with Gasteiger partial charge in [0.15, 0.2) is 0 Å². The lowest BCUT2D eigenvalue weighted by molar-refractivity contribution is 0.0662. The maximum atomic E-state index is 13.0. The highest BCUT2D eigenvalue weighted by Crippen LogP contribution is 2.36. The minimum Gasteiger partial charge on any atom is -0.490 e. The number of nitrogens with zero attached hydrogens (tertiary/aromatic N) is 3. The summed E-state index contributed by atoms with van der Waals surface area (Å²) in [4.78, 5) is 20.1. The van der Waals surface area contributed by atoms with Gasteiger partial charge in [-0.1, -0.05) is 0 Å². The van der Waals surface area contributed by atoms with Crippen LogP contribution >= 0.6 is 27.3 Å². The molecule has 2 aliphatic heterocycles. The first-order chi connectivity index (χ1) is 13.5. The summed E-state index contributed by atoms with van der Waals surface area (Å²) in [6.07, 6.45) is 5.06. The maximum absolute atomic E-state index is 13.0. The van der Waals surface area contributed by atoms with Crippen molar-refractivity contribution in [3.8, 4) is 11.4 Å². The molecule has 7 heteroatoms. The van der Waals surface area contributed by atoms with Gasteiger partial charge >= 0.3 is 0 Å². The molecule has 2 bridgehead atoms. The van der Waals surface area contributed by atoms with Crippen LogP contribution in [0.4, 0.5) is 0 Å². The molecule has 0 spiro atoms. The Morgan fingerprint density at radius 2 is 1.86 bits per heavy atom. The first-order valence-corrected chi connectivity index (χ1v) is 11.3. The zero-order valence-corrected chi connectivity index (χ0v) is 18.3. The van der Waals surface area contributed by atoms with Gasteiger partial charge < -0.3 is 9.64 Å². The summed E-state index contributed by atoms with van der Waals surface area (Å²) in [5.41, 5.74) is 1.53. The molecule has 1 unspecified atom stereocenters. The van der Waals surface area contributed by atoms with Crippen molar-refractivity contribution in [3.05, 3.63) is 50.3 Å². The van der Waals surface area contributed by atoms with Gasteiger partial charge in [0.25, 0.3) is 5.56 Å². The zero-order chi connectivity index (χ0) is 19.4. The topological polar surface area (TPSA) is 47.4 Å². The zero-order valence-electron chi connectivity index (χ0n) is 15.9. The Balaban J connectivity index is 1.40. The van der Waals surface area contributed by atoms with E-state index in [9.17, 15) is 4.79 Å². The molecule has 2 fully saturated rings. The molecule has 2 saturated heterocycles. The van der Waals surface area contributed by atoms with Gasteiger partial charge in [-0.15, -0.1) is 11.3 Å². The normalized spacial score (nSPS) is 24.8. The van der Waals surface area contributed by atoms with Crippen LogP contribution in [0.2, 0.25) is 0 Å². The molecule has 146 valence electrons. The van der Waals surface area contributed by atoms with Gasteiger partial charge in [-0.05, 0) is 85.9 Å². The number of hydrogen-bond donors (Lipinski definition) is 0. The quantitative estimate of drug-likeness (QED) is 0.577. The maximum Gasteiger partial charge on any atom is 0.276 e. The van der Waals surface area contributed by atoms with E-state index in [0.29, 0.717) is 22.6 Å². The van der Waals surface area contributed by atoms with Crippen LogP contribution in [-0.2, 0) is 0 Å². The summed E-state index contributed by atoms with van der Waals surface area (Å²) < 4.78 is 9.53. The minimum atomic E-state index is -0.0289. The molecule has 0 saturated carbocycles. The smallest absolute Gasteiger partial charge is 0.276 e. The molecule has 3 aromatic rings. The van der Waals surface area contributed by atoms with Gasteiger partial charge in [0.05, 0.1) is 15.0 Å². The van der Waals surface area contributed by atoms with Crippen molar-refractivity contribution in [1.82, 2.24) is 14.5 Å². The molecule has 2 aliphatic rings. The minimum absolute atomic E-state index is 0.0289. The first-order valence-electron chi connectivity index (χ1n) is 9.67. The summed E-state index contributed by atoms with van der Waals surface area (Å²) in [5.74, 6) is 1.56. The third kappa shape index (κ3) is 3.09.